The van der Waals surface area contributed by atoms with E-state index in [1.807, 2.05) is 45.7 Å². The number of non-ortho nitro benzene ring substituents is 1. The Labute approximate surface area is 226 Å². The predicted molar refractivity (Wildman–Crippen MR) is 157 cm³/mol. The van der Waals surface area contributed by atoms with Crippen LogP contribution in [0.1, 0.15) is 16.7 Å². The van der Waals surface area contributed by atoms with Crippen LogP contribution in [0.4, 0.5) is 5.69 Å². The highest BCUT2D eigenvalue weighted by Crippen LogP contribution is 2.59. The highest BCUT2D eigenvalue weighted by molar-refractivity contribution is 7.58. The van der Waals surface area contributed by atoms with Crippen molar-refractivity contribution in [3.63, 3.8) is 0 Å². The minimum Gasteiger partial charge on any atom is -0.262 e. The zero-order chi connectivity index (χ0) is 26.8. The fraction of sp³-hybridized carbons (Fsp3) is 0.129. The van der Waals surface area contributed by atoms with Crippen LogP contribution < -0.4 is 0 Å². The van der Waals surface area contributed by atoms with Crippen molar-refractivity contribution in [2.24, 2.45) is 4.76 Å². The summed E-state index contributed by atoms with van der Waals surface area (Å²) in [6.45, 7) is 2.23. The van der Waals surface area contributed by atoms with E-state index < -0.39 is 12.5 Å². The van der Waals surface area contributed by atoms with Crippen LogP contribution in [0, 0.1) is 10.1 Å². The Morgan fingerprint density at radius 2 is 1.21 bits per heavy atom. The van der Waals surface area contributed by atoms with Gasteiger partial charge in [0, 0.05) is 44.5 Å². The minimum atomic E-state index is -3.37. The number of fused-ring (bicyclic) bond motifs is 2. The zero-order valence-electron chi connectivity index (χ0n) is 21.3. The van der Waals surface area contributed by atoms with Gasteiger partial charge in [0.15, 0.2) is 0 Å². The smallest absolute Gasteiger partial charge is 0.262 e. The summed E-state index contributed by atoms with van der Waals surface area (Å²) in [5.74, 6) is 0. The molecule has 1 aliphatic heterocycles. The van der Waals surface area contributed by atoms with Crippen LogP contribution in [0.25, 0.3) is 21.5 Å². The first-order valence-corrected chi connectivity index (χ1v) is 14.4. The average molecular weight is 535 g/mol. The molecule has 0 atom stereocenters. The van der Waals surface area contributed by atoms with Gasteiger partial charge in [-0.1, -0.05) is 84.9 Å². The van der Waals surface area contributed by atoms with E-state index >= 15 is 0 Å². The van der Waals surface area contributed by atoms with Crippen molar-refractivity contribution in [3.8, 4) is 0 Å². The van der Waals surface area contributed by atoms with Gasteiger partial charge in [0.1, 0.15) is 0 Å². The fourth-order valence-electron chi connectivity index (χ4n) is 5.24. The molecule has 5 aromatic carbocycles. The summed E-state index contributed by atoms with van der Waals surface area (Å²) in [6.07, 6.45) is 1.59. The molecule has 0 N–H and O–H groups in total. The molecule has 1 saturated heterocycles. The number of benzene rings is 5. The number of nitrogens with zero attached hydrogens (tertiary/aromatic N) is 4. The maximum Gasteiger partial charge on any atom is 0.330 e. The van der Waals surface area contributed by atoms with Gasteiger partial charge in [-0.25, -0.2) is 14.1 Å². The molecule has 0 spiro atoms. The second-order valence-electron chi connectivity index (χ2n) is 9.66. The Hall–Kier alpha value is -4.16. The second kappa shape index (κ2) is 10.5. The number of hydrogen-bond donors (Lipinski definition) is 0. The van der Waals surface area contributed by atoms with Crippen molar-refractivity contribution < 1.29 is 9.49 Å². The van der Waals surface area contributed by atoms with E-state index in [1.54, 1.807) is 18.3 Å². The number of nitro benzene ring substituents is 1. The standard InChI is InChI=1S/C31H27N4O3P/c36-35(37)29-17-15-24(16-18-29)21-32-39(38)33(22-27-11-5-9-25-7-1-3-13-30(25)27)19-20-34(39)23-28-12-6-10-26-8-2-4-14-31(26)28/h1-18,21H,19-20,22-23H2/b32-21+. The molecule has 7 nitrogen and oxygen atoms in total. The minimum absolute atomic E-state index is 0.00909. The molecular formula is C31H27N4O3P. The van der Waals surface area contributed by atoms with Crippen LogP contribution >= 0.6 is 7.59 Å². The summed E-state index contributed by atoms with van der Waals surface area (Å²) in [6, 6.07) is 35.0. The summed E-state index contributed by atoms with van der Waals surface area (Å²) < 4.78 is 23.6. The molecule has 0 radical (unpaired) electrons. The molecule has 194 valence electrons. The van der Waals surface area contributed by atoms with E-state index in [2.05, 4.69) is 48.5 Å². The molecule has 0 aliphatic carbocycles. The Morgan fingerprint density at radius 3 is 1.72 bits per heavy atom. The first kappa shape index (κ1) is 25.1. The van der Waals surface area contributed by atoms with E-state index in [0.717, 1.165) is 32.7 Å². The molecule has 8 heteroatoms. The quantitative estimate of drug-likeness (QED) is 0.0938. The molecule has 0 aromatic heterocycles. The van der Waals surface area contributed by atoms with Gasteiger partial charge in [0.25, 0.3) is 5.69 Å². The van der Waals surface area contributed by atoms with Crippen LogP contribution in [0.3, 0.4) is 0 Å². The van der Waals surface area contributed by atoms with Gasteiger partial charge in [0.2, 0.25) is 0 Å². The number of hydrogen-bond acceptors (Lipinski definition) is 3. The van der Waals surface area contributed by atoms with Gasteiger partial charge < -0.3 is 0 Å². The maximum atomic E-state index is 14.9. The lowest BCUT2D eigenvalue weighted by Crippen LogP contribution is -2.18. The topological polar surface area (TPSA) is 79.0 Å². The van der Waals surface area contributed by atoms with E-state index in [4.69, 9.17) is 4.76 Å². The van der Waals surface area contributed by atoms with Gasteiger partial charge in [-0.3, -0.25) is 14.7 Å². The van der Waals surface area contributed by atoms with E-state index in [-0.39, 0.29) is 5.69 Å². The lowest BCUT2D eigenvalue weighted by Gasteiger charge is -2.27. The lowest BCUT2D eigenvalue weighted by atomic mass is 10.0. The maximum absolute atomic E-state index is 14.9. The summed E-state index contributed by atoms with van der Waals surface area (Å²) >= 11 is 0. The third kappa shape index (κ3) is 5.00. The average Bonchev–Trinajstić information content (AvgIpc) is 3.27. The summed E-state index contributed by atoms with van der Waals surface area (Å²) in [5.41, 5.74) is 2.88. The summed E-state index contributed by atoms with van der Waals surface area (Å²) in [5, 5.41) is 15.6. The van der Waals surface area contributed by atoms with Gasteiger partial charge in [-0.05, 0) is 50.4 Å². The van der Waals surface area contributed by atoms with Gasteiger partial charge in [0.05, 0.1) is 4.92 Å². The molecule has 1 fully saturated rings. The molecule has 6 rings (SSSR count). The van der Waals surface area contributed by atoms with E-state index in [9.17, 15) is 14.7 Å². The third-order valence-corrected chi connectivity index (χ3v) is 9.85. The molecule has 0 unspecified atom stereocenters. The monoisotopic (exact) mass is 534 g/mol. The second-order valence-corrected chi connectivity index (χ2v) is 12.0. The molecule has 5 aromatic rings. The van der Waals surface area contributed by atoms with Gasteiger partial charge in [-0.2, -0.15) is 0 Å². The van der Waals surface area contributed by atoms with Crippen LogP contribution in [0.2, 0.25) is 0 Å². The Morgan fingerprint density at radius 1 is 0.718 bits per heavy atom. The Balaban J connectivity index is 1.36. The van der Waals surface area contributed by atoms with Crippen LogP contribution in [-0.2, 0) is 17.7 Å². The predicted octanol–water partition coefficient (Wildman–Crippen LogP) is 7.45. The zero-order valence-corrected chi connectivity index (χ0v) is 22.2. The van der Waals surface area contributed by atoms with Crippen molar-refractivity contribution in [2.75, 3.05) is 13.1 Å². The van der Waals surface area contributed by atoms with Crippen molar-refractivity contribution in [1.29, 1.82) is 0 Å². The van der Waals surface area contributed by atoms with Crippen LogP contribution in [0.5, 0.6) is 0 Å². The van der Waals surface area contributed by atoms with Crippen molar-refractivity contribution >= 4 is 41.0 Å². The third-order valence-electron chi connectivity index (χ3n) is 7.28. The SMILES string of the molecule is O=[N+]([O-])c1ccc(/C=N/P2(=O)N(Cc3cccc4ccccc34)CCN2Cc2cccc3ccccc23)cc1. The highest BCUT2D eigenvalue weighted by atomic mass is 31.2. The number of rotatable bonds is 7. The molecule has 39 heavy (non-hydrogen) atoms. The molecule has 1 heterocycles. The van der Waals surface area contributed by atoms with E-state index in [1.165, 1.54) is 12.1 Å². The molecule has 1 aliphatic rings. The van der Waals surface area contributed by atoms with Crippen molar-refractivity contribution in [2.45, 2.75) is 13.1 Å². The molecule has 0 bridgehead atoms. The molecular weight excluding hydrogens is 507 g/mol. The van der Waals surface area contributed by atoms with E-state index in [0.29, 0.717) is 31.7 Å². The van der Waals surface area contributed by atoms with Gasteiger partial charge >= 0.3 is 7.59 Å². The first-order chi connectivity index (χ1) is 19.0. The Bertz CT molecular complexity index is 1650. The first-order valence-electron chi connectivity index (χ1n) is 12.9. The highest BCUT2D eigenvalue weighted by Gasteiger charge is 2.42. The summed E-state index contributed by atoms with van der Waals surface area (Å²) in [7, 11) is -3.37. The fourth-order valence-corrected chi connectivity index (χ4v) is 7.54. The van der Waals surface area contributed by atoms with Crippen molar-refractivity contribution in [3.05, 3.63) is 136 Å². The van der Waals surface area contributed by atoms with Crippen molar-refractivity contribution in [1.82, 2.24) is 9.34 Å². The largest absolute Gasteiger partial charge is 0.330 e. The lowest BCUT2D eigenvalue weighted by molar-refractivity contribution is -0.384. The van der Waals surface area contributed by atoms with Gasteiger partial charge in [-0.15, -0.1) is 0 Å². The number of nitro groups is 1. The van der Waals surface area contributed by atoms with Crippen LogP contribution in [-0.4, -0.2) is 33.6 Å². The van der Waals surface area contributed by atoms with Crippen LogP contribution in [0.15, 0.2) is 114 Å². The molecule has 0 amide bonds. The Kier molecular flexibility index (Phi) is 6.79. The summed E-state index contributed by atoms with van der Waals surface area (Å²) in [4.78, 5) is 10.6. The normalized spacial score (nSPS) is 15.9. The molecule has 0 saturated carbocycles.